The van der Waals surface area contributed by atoms with Crippen LogP contribution in [0.3, 0.4) is 0 Å². The Hall–Kier alpha value is -3.41. The maximum absolute atomic E-state index is 12.6. The van der Waals surface area contributed by atoms with Crippen molar-refractivity contribution in [1.82, 2.24) is 15.0 Å². The fourth-order valence-corrected chi connectivity index (χ4v) is 2.67. The van der Waals surface area contributed by atoms with Crippen molar-refractivity contribution in [2.45, 2.75) is 20.4 Å². The molecular formula is C22H23N3O3. The molecule has 0 saturated heterocycles. The number of hydrogen-bond donors (Lipinski definition) is 0. The summed E-state index contributed by atoms with van der Waals surface area (Å²) in [6, 6.07) is 15.4. The maximum atomic E-state index is 12.6. The summed E-state index contributed by atoms with van der Waals surface area (Å²) in [6.45, 7) is 8.19. The van der Waals surface area contributed by atoms with E-state index in [4.69, 9.17) is 9.26 Å². The van der Waals surface area contributed by atoms with Crippen LogP contribution in [0.2, 0.25) is 0 Å². The third-order valence-electron chi connectivity index (χ3n) is 4.16. The number of nitrogens with zero attached hydrogens (tertiary/aromatic N) is 3. The van der Waals surface area contributed by atoms with Crippen molar-refractivity contribution in [1.29, 1.82) is 0 Å². The van der Waals surface area contributed by atoms with E-state index in [1.807, 2.05) is 62.4 Å². The number of rotatable bonds is 8. The molecular weight excluding hydrogens is 354 g/mol. The van der Waals surface area contributed by atoms with Crippen LogP contribution in [-0.4, -0.2) is 34.1 Å². The summed E-state index contributed by atoms with van der Waals surface area (Å²) in [5.41, 5.74) is 3.12. The highest BCUT2D eigenvalue weighted by molar-refractivity contribution is 5.77. The summed E-state index contributed by atoms with van der Waals surface area (Å²) < 4.78 is 10.9. The minimum absolute atomic E-state index is 0.0736. The average Bonchev–Trinajstić information content (AvgIpc) is 3.16. The molecule has 0 aliphatic heterocycles. The summed E-state index contributed by atoms with van der Waals surface area (Å²) in [6.07, 6.45) is 1.65. The molecule has 0 bridgehead atoms. The Balaban J connectivity index is 1.64. The van der Waals surface area contributed by atoms with Crippen LogP contribution in [0.15, 0.2) is 65.7 Å². The summed E-state index contributed by atoms with van der Waals surface area (Å²) in [4.78, 5) is 18.5. The molecule has 0 atom stereocenters. The van der Waals surface area contributed by atoms with Gasteiger partial charge in [0.1, 0.15) is 12.3 Å². The summed E-state index contributed by atoms with van der Waals surface area (Å²) >= 11 is 0. The molecule has 0 spiro atoms. The van der Waals surface area contributed by atoms with Gasteiger partial charge < -0.3 is 14.2 Å². The number of ether oxygens (including phenoxy) is 1. The second kappa shape index (κ2) is 8.99. The zero-order chi connectivity index (χ0) is 19.9. The Morgan fingerprint density at radius 1 is 1.18 bits per heavy atom. The standard InChI is InChI=1S/C22H23N3O3/c1-4-12-25(21(26)15-27-19-10-8-16(2)9-11-19)14-20-23-22(24-28-20)18-7-5-6-17(3)13-18/h4-11,13H,1,12,14-15H2,2-3H3. The van der Waals surface area contributed by atoms with Crippen molar-refractivity contribution in [3.63, 3.8) is 0 Å². The van der Waals surface area contributed by atoms with E-state index in [9.17, 15) is 4.79 Å². The minimum atomic E-state index is -0.184. The lowest BCUT2D eigenvalue weighted by molar-refractivity contribution is -0.133. The Labute approximate surface area is 164 Å². The third kappa shape index (κ3) is 5.07. The van der Waals surface area contributed by atoms with Gasteiger partial charge in [-0.3, -0.25) is 4.79 Å². The van der Waals surface area contributed by atoms with E-state index >= 15 is 0 Å². The number of aryl methyl sites for hydroxylation is 2. The number of aromatic nitrogens is 2. The first-order chi connectivity index (χ1) is 13.5. The highest BCUT2D eigenvalue weighted by atomic mass is 16.5. The zero-order valence-electron chi connectivity index (χ0n) is 16.1. The van der Waals surface area contributed by atoms with Crippen LogP contribution in [0.25, 0.3) is 11.4 Å². The molecule has 0 N–H and O–H groups in total. The molecule has 0 fully saturated rings. The molecule has 3 rings (SSSR count). The van der Waals surface area contributed by atoms with E-state index in [1.54, 1.807) is 11.0 Å². The van der Waals surface area contributed by atoms with E-state index < -0.39 is 0 Å². The Morgan fingerprint density at radius 2 is 1.96 bits per heavy atom. The van der Waals surface area contributed by atoms with Crippen molar-refractivity contribution in [3.8, 4) is 17.1 Å². The second-order valence-corrected chi connectivity index (χ2v) is 6.55. The molecule has 1 amide bonds. The lowest BCUT2D eigenvalue weighted by Gasteiger charge is -2.19. The molecule has 0 saturated carbocycles. The predicted octanol–water partition coefficient (Wildman–Crippen LogP) is 3.95. The minimum Gasteiger partial charge on any atom is -0.484 e. The topological polar surface area (TPSA) is 68.5 Å². The van der Waals surface area contributed by atoms with E-state index in [1.165, 1.54) is 0 Å². The van der Waals surface area contributed by atoms with Gasteiger partial charge in [0.2, 0.25) is 11.7 Å². The van der Waals surface area contributed by atoms with Gasteiger partial charge in [0.05, 0.1) is 0 Å². The monoisotopic (exact) mass is 377 g/mol. The fourth-order valence-electron chi connectivity index (χ4n) is 2.67. The number of carbonyl (C=O) groups is 1. The Morgan fingerprint density at radius 3 is 2.68 bits per heavy atom. The van der Waals surface area contributed by atoms with Gasteiger partial charge in [0.25, 0.3) is 5.91 Å². The molecule has 6 nitrogen and oxygen atoms in total. The summed E-state index contributed by atoms with van der Waals surface area (Å²) in [7, 11) is 0. The van der Waals surface area contributed by atoms with Gasteiger partial charge in [-0.15, -0.1) is 6.58 Å². The summed E-state index contributed by atoms with van der Waals surface area (Å²) in [5.74, 6) is 1.33. The van der Waals surface area contributed by atoms with Crippen LogP contribution >= 0.6 is 0 Å². The molecule has 0 aliphatic rings. The first-order valence-corrected chi connectivity index (χ1v) is 9.03. The van der Waals surface area contributed by atoms with Crippen LogP contribution < -0.4 is 4.74 Å². The average molecular weight is 377 g/mol. The molecule has 144 valence electrons. The lowest BCUT2D eigenvalue weighted by atomic mass is 10.1. The molecule has 1 heterocycles. The number of benzene rings is 2. The van der Waals surface area contributed by atoms with Crippen LogP contribution in [0.4, 0.5) is 0 Å². The fraction of sp³-hybridized carbons (Fsp3) is 0.227. The van der Waals surface area contributed by atoms with Gasteiger partial charge in [-0.05, 0) is 32.0 Å². The van der Waals surface area contributed by atoms with E-state index in [0.717, 1.165) is 16.7 Å². The highest BCUT2D eigenvalue weighted by Gasteiger charge is 2.18. The van der Waals surface area contributed by atoms with E-state index in [0.29, 0.717) is 24.0 Å². The largest absolute Gasteiger partial charge is 0.484 e. The van der Waals surface area contributed by atoms with Gasteiger partial charge in [-0.25, -0.2) is 0 Å². The Bertz CT molecular complexity index is 948. The second-order valence-electron chi connectivity index (χ2n) is 6.55. The van der Waals surface area contributed by atoms with Crippen molar-refractivity contribution >= 4 is 5.91 Å². The molecule has 2 aromatic carbocycles. The molecule has 0 unspecified atom stereocenters. The van der Waals surface area contributed by atoms with Gasteiger partial charge >= 0.3 is 0 Å². The lowest BCUT2D eigenvalue weighted by Crippen LogP contribution is -2.34. The van der Waals surface area contributed by atoms with Gasteiger partial charge in [0.15, 0.2) is 6.61 Å². The number of hydrogen-bond acceptors (Lipinski definition) is 5. The van der Waals surface area contributed by atoms with Crippen LogP contribution in [-0.2, 0) is 11.3 Å². The normalized spacial score (nSPS) is 10.5. The predicted molar refractivity (Wildman–Crippen MR) is 107 cm³/mol. The van der Waals surface area contributed by atoms with Gasteiger partial charge in [-0.2, -0.15) is 4.98 Å². The van der Waals surface area contributed by atoms with Crippen LogP contribution in [0.1, 0.15) is 17.0 Å². The van der Waals surface area contributed by atoms with Gasteiger partial charge in [-0.1, -0.05) is 52.7 Å². The third-order valence-corrected chi connectivity index (χ3v) is 4.16. The molecule has 6 heteroatoms. The van der Waals surface area contributed by atoms with Crippen molar-refractivity contribution < 1.29 is 14.1 Å². The van der Waals surface area contributed by atoms with Crippen LogP contribution in [0, 0.1) is 13.8 Å². The Kier molecular flexibility index (Phi) is 6.22. The van der Waals surface area contributed by atoms with E-state index in [2.05, 4.69) is 16.7 Å². The SMILES string of the molecule is C=CCN(Cc1nc(-c2cccc(C)c2)no1)C(=O)COc1ccc(C)cc1. The zero-order valence-corrected chi connectivity index (χ0v) is 16.1. The number of amides is 1. The molecule has 0 aliphatic carbocycles. The quantitative estimate of drug-likeness (QED) is 0.556. The molecule has 28 heavy (non-hydrogen) atoms. The van der Waals surface area contributed by atoms with E-state index in [-0.39, 0.29) is 19.1 Å². The first kappa shape index (κ1) is 19.4. The maximum Gasteiger partial charge on any atom is 0.261 e. The molecule has 0 radical (unpaired) electrons. The molecule has 3 aromatic rings. The first-order valence-electron chi connectivity index (χ1n) is 9.03. The molecule has 1 aromatic heterocycles. The highest BCUT2D eigenvalue weighted by Crippen LogP contribution is 2.18. The van der Waals surface area contributed by atoms with Crippen molar-refractivity contribution in [2.24, 2.45) is 0 Å². The van der Waals surface area contributed by atoms with Crippen molar-refractivity contribution in [3.05, 3.63) is 78.2 Å². The van der Waals surface area contributed by atoms with Gasteiger partial charge in [0, 0.05) is 12.1 Å². The van der Waals surface area contributed by atoms with Crippen molar-refractivity contribution in [2.75, 3.05) is 13.2 Å². The number of carbonyl (C=O) groups excluding carboxylic acids is 1. The smallest absolute Gasteiger partial charge is 0.261 e. The summed E-state index contributed by atoms with van der Waals surface area (Å²) in [5, 5.41) is 4.02. The van der Waals surface area contributed by atoms with Crippen LogP contribution in [0.5, 0.6) is 5.75 Å².